The molecule has 0 saturated carbocycles. The van der Waals surface area contributed by atoms with Gasteiger partial charge in [-0.15, -0.1) is 0 Å². The third-order valence-electron chi connectivity index (χ3n) is 4.40. The Labute approximate surface area is 121 Å². The van der Waals surface area contributed by atoms with Crippen LogP contribution in [0.15, 0.2) is 0 Å². The first-order chi connectivity index (χ1) is 9.38. The summed E-state index contributed by atoms with van der Waals surface area (Å²) in [5.74, 6) is 0.982. The first kappa shape index (κ1) is 15.3. The van der Waals surface area contributed by atoms with Gasteiger partial charge in [-0.25, -0.2) is 0 Å². The second-order valence-electron chi connectivity index (χ2n) is 6.77. The second kappa shape index (κ2) is 6.12. The van der Waals surface area contributed by atoms with Crippen LogP contribution in [-0.4, -0.2) is 60.4 Å². The summed E-state index contributed by atoms with van der Waals surface area (Å²) < 4.78 is 0. The number of likely N-dealkylation sites (tertiary alicyclic amines) is 1. The van der Waals surface area contributed by atoms with Crippen LogP contribution in [0.2, 0.25) is 0 Å². The lowest BCUT2D eigenvalue weighted by atomic mass is 9.97. The molecule has 0 spiro atoms. The van der Waals surface area contributed by atoms with Crippen molar-refractivity contribution in [1.29, 1.82) is 0 Å². The molecule has 2 aliphatic rings. The third-order valence-corrected chi connectivity index (χ3v) is 4.40. The van der Waals surface area contributed by atoms with Crippen LogP contribution in [0.25, 0.3) is 0 Å². The van der Waals surface area contributed by atoms with Gasteiger partial charge in [0.25, 0.3) is 0 Å². The third kappa shape index (κ3) is 3.32. The number of rotatable bonds is 4. The molecule has 5 nitrogen and oxygen atoms in total. The summed E-state index contributed by atoms with van der Waals surface area (Å²) in [4.78, 5) is 28.7. The molecule has 0 aromatic heterocycles. The van der Waals surface area contributed by atoms with Crippen molar-refractivity contribution < 1.29 is 9.59 Å². The summed E-state index contributed by atoms with van der Waals surface area (Å²) >= 11 is 0. The number of nitrogens with one attached hydrogen (secondary N) is 1. The number of hydrogen-bond donors (Lipinski definition) is 1. The van der Waals surface area contributed by atoms with Gasteiger partial charge in [0, 0.05) is 13.1 Å². The first-order valence-electron chi connectivity index (χ1n) is 7.68. The fraction of sp³-hybridized carbons (Fsp3) is 0.867. The Kier molecular flexibility index (Phi) is 4.68. The highest BCUT2D eigenvalue weighted by atomic mass is 16.2. The largest absolute Gasteiger partial charge is 0.343 e. The fourth-order valence-corrected chi connectivity index (χ4v) is 3.22. The van der Waals surface area contributed by atoms with E-state index in [1.54, 1.807) is 4.90 Å². The molecule has 0 radical (unpaired) electrons. The van der Waals surface area contributed by atoms with Gasteiger partial charge in [-0.3, -0.25) is 9.59 Å². The SMILES string of the molecule is CC(C)CC1NC(=O)C(C)N(CC2CCN(C)C2)C1=O. The molecule has 2 amide bonds. The summed E-state index contributed by atoms with van der Waals surface area (Å²) in [6, 6.07) is -0.672. The lowest BCUT2D eigenvalue weighted by Gasteiger charge is -2.39. The predicted octanol–water partition coefficient (Wildman–Crippen LogP) is 0.700. The molecule has 20 heavy (non-hydrogen) atoms. The molecule has 3 atom stereocenters. The van der Waals surface area contributed by atoms with E-state index in [9.17, 15) is 9.59 Å². The first-order valence-corrected chi connectivity index (χ1v) is 7.68. The maximum Gasteiger partial charge on any atom is 0.245 e. The number of amides is 2. The second-order valence-corrected chi connectivity index (χ2v) is 6.77. The Morgan fingerprint density at radius 3 is 2.60 bits per heavy atom. The Balaban J connectivity index is 2.03. The topological polar surface area (TPSA) is 52.7 Å². The number of nitrogens with zero attached hydrogens (tertiary/aromatic N) is 2. The van der Waals surface area contributed by atoms with Gasteiger partial charge < -0.3 is 15.1 Å². The number of piperazine rings is 1. The summed E-state index contributed by atoms with van der Waals surface area (Å²) in [5.41, 5.74) is 0. The van der Waals surface area contributed by atoms with Crippen LogP contribution < -0.4 is 5.32 Å². The van der Waals surface area contributed by atoms with E-state index in [1.807, 2.05) is 6.92 Å². The smallest absolute Gasteiger partial charge is 0.245 e. The van der Waals surface area contributed by atoms with Gasteiger partial charge in [0.15, 0.2) is 0 Å². The van der Waals surface area contributed by atoms with Gasteiger partial charge in [0.2, 0.25) is 11.8 Å². The highest BCUT2D eigenvalue weighted by Crippen LogP contribution is 2.21. The average molecular weight is 281 g/mol. The molecular formula is C15H27N3O2. The van der Waals surface area contributed by atoms with E-state index in [0.29, 0.717) is 18.4 Å². The highest BCUT2D eigenvalue weighted by Gasteiger charge is 2.39. The zero-order valence-electron chi connectivity index (χ0n) is 13.1. The molecule has 5 heteroatoms. The van der Waals surface area contributed by atoms with E-state index in [2.05, 4.69) is 31.1 Å². The van der Waals surface area contributed by atoms with Gasteiger partial charge in [0.1, 0.15) is 12.1 Å². The van der Waals surface area contributed by atoms with Crippen LogP contribution in [0.4, 0.5) is 0 Å². The van der Waals surface area contributed by atoms with Gasteiger partial charge in [-0.1, -0.05) is 13.8 Å². The standard InChI is InChI=1S/C15H27N3O2/c1-10(2)7-13-15(20)18(11(3)14(19)16-13)9-12-5-6-17(4)8-12/h10-13H,5-9H2,1-4H3,(H,16,19). The molecule has 0 aromatic carbocycles. The zero-order chi connectivity index (χ0) is 14.9. The lowest BCUT2D eigenvalue weighted by Crippen LogP contribution is -2.63. The van der Waals surface area contributed by atoms with E-state index in [1.165, 1.54) is 0 Å². The molecule has 2 fully saturated rings. The molecule has 0 aromatic rings. The van der Waals surface area contributed by atoms with Crippen molar-refractivity contribution in [3.05, 3.63) is 0 Å². The Bertz CT molecular complexity index is 383. The molecular weight excluding hydrogens is 254 g/mol. The Morgan fingerprint density at radius 1 is 1.35 bits per heavy atom. The monoisotopic (exact) mass is 281 g/mol. The van der Waals surface area contributed by atoms with Crippen molar-refractivity contribution in [2.45, 2.75) is 45.7 Å². The van der Waals surface area contributed by atoms with Crippen LogP contribution in [0.5, 0.6) is 0 Å². The minimum atomic E-state index is -0.336. The molecule has 0 bridgehead atoms. The maximum absolute atomic E-state index is 12.6. The van der Waals surface area contributed by atoms with Crippen LogP contribution in [0.1, 0.15) is 33.6 Å². The van der Waals surface area contributed by atoms with Gasteiger partial charge >= 0.3 is 0 Å². The van der Waals surface area contributed by atoms with Crippen LogP contribution in [-0.2, 0) is 9.59 Å². The van der Waals surface area contributed by atoms with E-state index in [-0.39, 0.29) is 23.9 Å². The zero-order valence-corrected chi connectivity index (χ0v) is 13.1. The summed E-state index contributed by atoms with van der Waals surface area (Å²) in [7, 11) is 2.11. The van der Waals surface area contributed by atoms with Gasteiger partial charge in [-0.05, 0) is 45.2 Å². The molecule has 0 aliphatic carbocycles. The van der Waals surface area contributed by atoms with Crippen molar-refractivity contribution >= 4 is 11.8 Å². The van der Waals surface area contributed by atoms with Crippen molar-refractivity contribution in [3.8, 4) is 0 Å². The highest BCUT2D eigenvalue weighted by molar-refractivity contribution is 5.96. The molecule has 114 valence electrons. The summed E-state index contributed by atoms with van der Waals surface area (Å²) in [6.45, 7) is 8.81. The average Bonchev–Trinajstić information content (AvgIpc) is 2.77. The molecule has 2 aliphatic heterocycles. The van der Waals surface area contributed by atoms with Crippen molar-refractivity contribution in [2.24, 2.45) is 11.8 Å². The predicted molar refractivity (Wildman–Crippen MR) is 78.2 cm³/mol. The van der Waals surface area contributed by atoms with Gasteiger partial charge in [-0.2, -0.15) is 0 Å². The van der Waals surface area contributed by atoms with E-state index in [0.717, 1.165) is 25.9 Å². The molecule has 2 heterocycles. The normalized spacial score (nSPS) is 32.0. The molecule has 1 N–H and O–H groups in total. The van der Waals surface area contributed by atoms with Crippen molar-refractivity contribution in [2.75, 3.05) is 26.7 Å². The molecule has 3 unspecified atom stereocenters. The quantitative estimate of drug-likeness (QED) is 0.825. The minimum absolute atomic E-state index is 0.0124. The van der Waals surface area contributed by atoms with Crippen LogP contribution in [0.3, 0.4) is 0 Å². The van der Waals surface area contributed by atoms with Crippen molar-refractivity contribution in [3.63, 3.8) is 0 Å². The van der Waals surface area contributed by atoms with E-state index < -0.39 is 0 Å². The summed E-state index contributed by atoms with van der Waals surface area (Å²) in [5, 5.41) is 2.87. The summed E-state index contributed by atoms with van der Waals surface area (Å²) in [6.07, 6.45) is 1.84. The molecule has 2 rings (SSSR count). The lowest BCUT2D eigenvalue weighted by molar-refractivity contribution is -0.149. The fourth-order valence-electron chi connectivity index (χ4n) is 3.22. The minimum Gasteiger partial charge on any atom is -0.343 e. The van der Waals surface area contributed by atoms with E-state index in [4.69, 9.17) is 0 Å². The Hall–Kier alpha value is -1.10. The van der Waals surface area contributed by atoms with E-state index >= 15 is 0 Å². The maximum atomic E-state index is 12.6. The molecule has 2 saturated heterocycles. The van der Waals surface area contributed by atoms with Crippen LogP contribution >= 0.6 is 0 Å². The van der Waals surface area contributed by atoms with Gasteiger partial charge in [0.05, 0.1) is 0 Å². The number of carbonyl (C=O) groups excluding carboxylic acids is 2. The van der Waals surface area contributed by atoms with Crippen LogP contribution in [0, 0.1) is 11.8 Å². The number of hydrogen-bond acceptors (Lipinski definition) is 3. The number of carbonyl (C=O) groups is 2. The Morgan fingerprint density at radius 2 is 2.05 bits per heavy atom. The van der Waals surface area contributed by atoms with Crippen molar-refractivity contribution in [1.82, 2.24) is 15.1 Å².